The number of hydrogen-bond acceptors (Lipinski definition) is 5. The lowest BCUT2D eigenvalue weighted by molar-refractivity contribution is 0.171. The van der Waals surface area contributed by atoms with E-state index in [1.54, 1.807) is 13.3 Å². The zero-order valence-electron chi connectivity index (χ0n) is 11.8. The summed E-state index contributed by atoms with van der Waals surface area (Å²) in [6.45, 7) is 2.57. The van der Waals surface area contributed by atoms with Crippen LogP contribution in [0.2, 0.25) is 0 Å². The molecule has 6 heteroatoms. The molecule has 1 fully saturated rings. The number of amidine groups is 1. The fourth-order valence-electron chi connectivity index (χ4n) is 2.26. The number of rotatable bonds is 8. The van der Waals surface area contributed by atoms with E-state index in [1.807, 2.05) is 12.1 Å². The first-order valence-electron chi connectivity index (χ1n) is 6.82. The maximum atomic E-state index is 8.65. The number of ether oxygens (including phenoxy) is 1. The van der Waals surface area contributed by atoms with Crippen LogP contribution in [0.4, 0.5) is 0 Å². The van der Waals surface area contributed by atoms with Gasteiger partial charge in [0.15, 0.2) is 5.84 Å². The van der Waals surface area contributed by atoms with E-state index in [9.17, 15) is 0 Å². The van der Waals surface area contributed by atoms with Crippen molar-refractivity contribution in [2.75, 3.05) is 20.3 Å². The van der Waals surface area contributed by atoms with Crippen molar-refractivity contribution in [3.63, 3.8) is 0 Å². The van der Waals surface area contributed by atoms with Crippen molar-refractivity contribution < 1.29 is 9.94 Å². The Morgan fingerprint density at radius 1 is 1.60 bits per heavy atom. The van der Waals surface area contributed by atoms with E-state index in [2.05, 4.69) is 15.5 Å². The highest BCUT2D eigenvalue weighted by molar-refractivity contribution is 5.95. The van der Waals surface area contributed by atoms with Gasteiger partial charge in [-0.1, -0.05) is 5.16 Å². The molecule has 0 unspecified atom stereocenters. The van der Waals surface area contributed by atoms with Gasteiger partial charge in [0.25, 0.3) is 0 Å². The standard InChI is InChI=1S/C14H22N4O2/c1-20-7-5-14(3-4-14)10-16-9-11-2-6-17-12(8-11)13(15)18-19/h2,6,8,16,19H,3-5,7,9-10H2,1H3,(H2,15,18). The third-order valence-corrected chi connectivity index (χ3v) is 3.82. The molecule has 0 spiro atoms. The minimum absolute atomic E-state index is 0.0330. The summed E-state index contributed by atoms with van der Waals surface area (Å²) < 4.78 is 5.15. The Kier molecular flexibility index (Phi) is 4.92. The molecular formula is C14H22N4O2. The second kappa shape index (κ2) is 6.67. The van der Waals surface area contributed by atoms with Crippen LogP contribution in [0.15, 0.2) is 23.5 Å². The summed E-state index contributed by atoms with van der Waals surface area (Å²) in [6, 6.07) is 3.76. The summed E-state index contributed by atoms with van der Waals surface area (Å²) in [5, 5.41) is 15.1. The molecule has 2 rings (SSSR count). The first kappa shape index (κ1) is 14.7. The summed E-state index contributed by atoms with van der Waals surface area (Å²) >= 11 is 0. The summed E-state index contributed by atoms with van der Waals surface area (Å²) in [5.41, 5.74) is 7.52. The summed E-state index contributed by atoms with van der Waals surface area (Å²) in [6.07, 6.45) is 5.33. The van der Waals surface area contributed by atoms with Crippen molar-refractivity contribution in [2.45, 2.75) is 25.8 Å². The van der Waals surface area contributed by atoms with Crippen LogP contribution in [-0.4, -0.2) is 36.3 Å². The van der Waals surface area contributed by atoms with Gasteiger partial charge in [0.05, 0.1) is 0 Å². The van der Waals surface area contributed by atoms with Gasteiger partial charge in [0.1, 0.15) is 5.69 Å². The molecule has 110 valence electrons. The third-order valence-electron chi connectivity index (χ3n) is 3.82. The predicted octanol–water partition coefficient (Wildman–Crippen LogP) is 1.08. The molecule has 1 heterocycles. The summed E-state index contributed by atoms with van der Waals surface area (Å²) in [7, 11) is 1.75. The van der Waals surface area contributed by atoms with Gasteiger partial charge in [0.2, 0.25) is 0 Å². The van der Waals surface area contributed by atoms with Gasteiger partial charge in [-0.05, 0) is 42.4 Å². The zero-order valence-corrected chi connectivity index (χ0v) is 11.8. The van der Waals surface area contributed by atoms with E-state index in [0.29, 0.717) is 11.1 Å². The molecule has 1 aliphatic carbocycles. The van der Waals surface area contributed by atoms with Crippen molar-refractivity contribution in [1.82, 2.24) is 10.3 Å². The topological polar surface area (TPSA) is 92.8 Å². The third kappa shape index (κ3) is 3.91. The van der Waals surface area contributed by atoms with Crippen LogP contribution in [0.1, 0.15) is 30.5 Å². The fourth-order valence-corrected chi connectivity index (χ4v) is 2.26. The predicted molar refractivity (Wildman–Crippen MR) is 76.6 cm³/mol. The van der Waals surface area contributed by atoms with Crippen LogP contribution in [-0.2, 0) is 11.3 Å². The van der Waals surface area contributed by atoms with Crippen LogP contribution >= 0.6 is 0 Å². The lowest BCUT2D eigenvalue weighted by Crippen LogP contribution is -2.25. The quantitative estimate of drug-likeness (QED) is 0.286. The largest absolute Gasteiger partial charge is 0.409 e. The Hall–Kier alpha value is -1.66. The number of nitrogens with two attached hydrogens (primary N) is 1. The first-order valence-corrected chi connectivity index (χ1v) is 6.82. The van der Waals surface area contributed by atoms with Gasteiger partial charge in [-0.25, -0.2) is 0 Å². The monoisotopic (exact) mass is 278 g/mol. The van der Waals surface area contributed by atoms with Gasteiger partial charge in [-0.3, -0.25) is 4.98 Å². The smallest absolute Gasteiger partial charge is 0.188 e. The number of oxime groups is 1. The van der Waals surface area contributed by atoms with Gasteiger partial charge in [-0.2, -0.15) is 0 Å². The van der Waals surface area contributed by atoms with Crippen molar-refractivity contribution in [3.05, 3.63) is 29.6 Å². The van der Waals surface area contributed by atoms with Gasteiger partial charge >= 0.3 is 0 Å². The van der Waals surface area contributed by atoms with Crippen LogP contribution < -0.4 is 11.1 Å². The van der Waals surface area contributed by atoms with Crippen LogP contribution in [0.5, 0.6) is 0 Å². The molecule has 0 aliphatic heterocycles. The van der Waals surface area contributed by atoms with E-state index in [0.717, 1.165) is 31.7 Å². The molecule has 0 amide bonds. The highest BCUT2D eigenvalue weighted by atomic mass is 16.5. The molecule has 1 aromatic heterocycles. The van der Waals surface area contributed by atoms with Crippen molar-refractivity contribution in [3.8, 4) is 0 Å². The van der Waals surface area contributed by atoms with Gasteiger partial charge < -0.3 is 21.0 Å². The average Bonchev–Trinajstić information content (AvgIpc) is 3.25. The minimum Gasteiger partial charge on any atom is -0.409 e. The molecule has 0 atom stereocenters. The van der Waals surface area contributed by atoms with Gasteiger partial charge in [0, 0.05) is 33.0 Å². The molecular weight excluding hydrogens is 256 g/mol. The Balaban J connectivity index is 1.82. The molecule has 0 aromatic carbocycles. The molecule has 0 radical (unpaired) electrons. The number of methoxy groups -OCH3 is 1. The second-order valence-corrected chi connectivity index (χ2v) is 5.38. The van der Waals surface area contributed by atoms with Crippen LogP contribution in [0.3, 0.4) is 0 Å². The lowest BCUT2D eigenvalue weighted by Gasteiger charge is -2.15. The molecule has 1 saturated carbocycles. The molecule has 6 nitrogen and oxygen atoms in total. The Labute approximate surface area is 119 Å². The van der Waals surface area contributed by atoms with Crippen LogP contribution in [0, 0.1) is 5.41 Å². The molecule has 1 aliphatic rings. The maximum absolute atomic E-state index is 8.65. The minimum atomic E-state index is 0.0330. The molecule has 0 bridgehead atoms. The Bertz CT molecular complexity index is 472. The number of nitrogens with one attached hydrogen (secondary N) is 1. The number of nitrogens with zero attached hydrogens (tertiary/aromatic N) is 2. The lowest BCUT2D eigenvalue weighted by atomic mass is 10.0. The fraction of sp³-hybridized carbons (Fsp3) is 0.571. The average molecular weight is 278 g/mol. The zero-order chi connectivity index (χ0) is 14.4. The summed E-state index contributed by atoms with van der Waals surface area (Å²) in [4.78, 5) is 4.06. The van der Waals surface area contributed by atoms with Gasteiger partial charge in [-0.15, -0.1) is 0 Å². The maximum Gasteiger partial charge on any atom is 0.188 e. The molecule has 20 heavy (non-hydrogen) atoms. The van der Waals surface area contributed by atoms with Crippen molar-refractivity contribution in [2.24, 2.45) is 16.3 Å². The Morgan fingerprint density at radius 3 is 3.05 bits per heavy atom. The first-order chi connectivity index (χ1) is 9.69. The molecule has 1 aromatic rings. The summed E-state index contributed by atoms with van der Waals surface area (Å²) in [5.74, 6) is 0.0330. The highest BCUT2D eigenvalue weighted by Crippen LogP contribution is 2.48. The van der Waals surface area contributed by atoms with E-state index in [-0.39, 0.29) is 5.84 Å². The van der Waals surface area contributed by atoms with Crippen molar-refractivity contribution >= 4 is 5.84 Å². The van der Waals surface area contributed by atoms with Crippen LogP contribution in [0.25, 0.3) is 0 Å². The number of pyridine rings is 1. The number of hydrogen-bond donors (Lipinski definition) is 3. The Morgan fingerprint density at radius 2 is 2.40 bits per heavy atom. The molecule has 4 N–H and O–H groups in total. The van der Waals surface area contributed by atoms with E-state index in [1.165, 1.54) is 12.8 Å². The number of aromatic nitrogens is 1. The van der Waals surface area contributed by atoms with E-state index in [4.69, 9.17) is 15.7 Å². The van der Waals surface area contributed by atoms with E-state index < -0.39 is 0 Å². The second-order valence-electron chi connectivity index (χ2n) is 5.38. The molecule has 0 saturated heterocycles. The SMILES string of the molecule is COCCC1(CNCc2ccnc(/C(N)=N/O)c2)CC1. The normalized spacial score (nSPS) is 17.1. The van der Waals surface area contributed by atoms with Crippen molar-refractivity contribution in [1.29, 1.82) is 0 Å². The highest BCUT2D eigenvalue weighted by Gasteiger charge is 2.41. The van der Waals surface area contributed by atoms with E-state index >= 15 is 0 Å².